The third kappa shape index (κ3) is 5.24. The van der Waals surface area contributed by atoms with E-state index in [2.05, 4.69) is 26.5 Å². The van der Waals surface area contributed by atoms with Gasteiger partial charge in [-0.25, -0.2) is 5.43 Å². The van der Waals surface area contributed by atoms with Gasteiger partial charge in [0.15, 0.2) is 0 Å². The van der Waals surface area contributed by atoms with Crippen LogP contribution in [0.5, 0.6) is 0 Å². The second kappa shape index (κ2) is 9.94. The lowest BCUT2D eigenvalue weighted by Crippen LogP contribution is -2.27. The molecule has 0 spiro atoms. The molecule has 0 aliphatic carbocycles. The van der Waals surface area contributed by atoms with Crippen molar-refractivity contribution in [2.75, 3.05) is 5.75 Å². The highest BCUT2D eigenvalue weighted by atomic mass is 79.9. The minimum Gasteiger partial charge on any atom is -0.322 e. The smallest absolute Gasteiger partial charge is 0.271 e. The van der Waals surface area contributed by atoms with Crippen LogP contribution in [0.4, 0.5) is 0 Å². The monoisotopic (exact) mass is 493 g/mol. The summed E-state index contributed by atoms with van der Waals surface area (Å²) in [6.45, 7) is 0.573. The maximum Gasteiger partial charge on any atom is 0.271 e. The number of benzene rings is 3. The van der Waals surface area contributed by atoms with Gasteiger partial charge in [0.05, 0.1) is 12.0 Å². The van der Waals surface area contributed by atoms with Crippen molar-refractivity contribution in [1.82, 2.24) is 10.3 Å². The van der Waals surface area contributed by atoms with Crippen LogP contribution in [0.1, 0.15) is 32.4 Å². The standard InChI is InChI=1S/C24H20BrN3O2S/c25-21-9-5-4-8-20(21)14-26-27-23(30)18-10-12-19(13-11-18)24-28(22(29)16-31-24)15-17-6-2-1-3-7-17/h1-14,24H,15-16H2,(H,27,30)/b26-14+. The van der Waals surface area contributed by atoms with Crippen molar-refractivity contribution in [3.8, 4) is 0 Å². The molecule has 1 heterocycles. The van der Waals surface area contributed by atoms with E-state index in [0.717, 1.165) is 21.2 Å². The molecule has 4 rings (SSSR count). The molecule has 31 heavy (non-hydrogen) atoms. The molecule has 156 valence electrons. The van der Waals surface area contributed by atoms with E-state index < -0.39 is 0 Å². The van der Waals surface area contributed by atoms with Crippen molar-refractivity contribution in [3.05, 3.63) is 106 Å². The largest absolute Gasteiger partial charge is 0.322 e. The van der Waals surface area contributed by atoms with Gasteiger partial charge < -0.3 is 4.90 Å². The Morgan fingerprint density at radius 2 is 1.77 bits per heavy atom. The van der Waals surface area contributed by atoms with Crippen molar-refractivity contribution in [2.24, 2.45) is 5.10 Å². The van der Waals surface area contributed by atoms with Gasteiger partial charge in [0.25, 0.3) is 5.91 Å². The maximum atomic E-state index is 12.4. The summed E-state index contributed by atoms with van der Waals surface area (Å²) in [7, 11) is 0. The average Bonchev–Trinajstić information content (AvgIpc) is 3.16. The minimum atomic E-state index is -0.286. The third-order valence-electron chi connectivity index (χ3n) is 4.90. The van der Waals surface area contributed by atoms with Crippen molar-refractivity contribution in [1.29, 1.82) is 0 Å². The summed E-state index contributed by atoms with van der Waals surface area (Å²) in [4.78, 5) is 26.7. The summed E-state index contributed by atoms with van der Waals surface area (Å²) in [6.07, 6.45) is 1.60. The Morgan fingerprint density at radius 1 is 1.06 bits per heavy atom. The number of nitrogens with zero attached hydrogens (tertiary/aromatic N) is 2. The summed E-state index contributed by atoms with van der Waals surface area (Å²) in [5, 5.41) is 3.98. The fraction of sp³-hybridized carbons (Fsp3) is 0.125. The first-order chi connectivity index (χ1) is 15.1. The van der Waals surface area contributed by atoms with Crippen molar-refractivity contribution >= 4 is 45.7 Å². The molecule has 2 amide bonds. The lowest BCUT2D eigenvalue weighted by molar-refractivity contribution is -0.128. The SMILES string of the molecule is O=C(N/N=C/c1ccccc1Br)c1ccc(C2SCC(=O)N2Cc2ccccc2)cc1. The van der Waals surface area contributed by atoms with E-state index in [1.54, 1.807) is 30.1 Å². The number of nitrogens with one attached hydrogen (secondary N) is 1. The highest BCUT2D eigenvalue weighted by molar-refractivity contribution is 9.10. The summed E-state index contributed by atoms with van der Waals surface area (Å²) < 4.78 is 0.904. The first-order valence-electron chi connectivity index (χ1n) is 9.75. The number of carbonyl (C=O) groups is 2. The van der Waals surface area contributed by atoms with Crippen LogP contribution in [0.2, 0.25) is 0 Å². The van der Waals surface area contributed by atoms with E-state index >= 15 is 0 Å². The van der Waals surface area contributed by atoms with Gasteiger partial charge >= 0.3 is 0 Å². The van der Waals surface area contributed by atoms with Gasteiger partial charge in [-0.1, -0.05) is 76.6 Å². The molecular formula is C24H20BrN3O2S. The molecule has 1 aliphatic heterocycles. The van der Waals surface area contributed by atoms with Gasteiger partial charge in [-0.2, -0.15) is 5.10 Å². The highest BCUT2D eigenvalue weighted by Crippen LogP contribution is 2.39. The van der Waals surface area contributed by atoms with Crippen LogP contribution in [0.15, 0.2) is 88.4 Å². The van der Waals surface area contributed by atoms with Gasteiger partial charge in [-0.05, 0) is 29.3 Å². The lowest BCUT2D eigenvalue weighted by Gasteiger charge is -2.24. The molecular weight excluding hydrogens is 474 g/mol. The molecule has 0 saturated carbocycles. The first kappa shape index (κ1) is 21.3. The maximum absolute atomic E-state index is 12.4. The fourth-order valence-corrected chi connectivity index (χ4v) is 4.86. The predicted molar refractivity (Wildman–Crippen MR) is 128 cm³/mol. The first-order valence-corrected chi connectivity index (χ1v) is 11.6. The average molecular weight is 494 g/mol. The molecule has 1 N–H and O–H groups in total. The molecule has 1 aliphatic rings. The summed E-state index contributed by atoms with van der Waals surface area (Å²) in [5.74, 6) is 0.303. The topological polar surface area (TPSA) is 61.8 Å². The number of amides is 2. The molecule has 1 saturated heterocycles. The van der Waals surface area contributed by atoms with Gasteiger partial charge in [0.2, 0.25) is 5.91 Å². The number of hydrazone groups is 1. The second-order valence-corrected chi connectivity index (χ2v) is 8.94. The molecule has 1 atom stereocenters. The Bertz CT molecular complexity index is 1100. The van der Waals surface area contributed by atoms with Crippen molar-refractivity contribution in [3.63, 3.8) is 0 Å². The number of halogens is 1. The van der Waals surface area contributed by atoms with E-state index in [1.165, 1.54) is 0 Å². The molecule has 1 fully saturated rings. The third-order valence-corrected chi connectivity index (χ3v) is 6.87. The van der Waals surface area contributed by atoms with E-state index in [1.807, 2.05) is 71.6 Å². The number of rotatable bonds is 6. The van der Waals surface area contributed by atoms with E-state index in [9.17, 15) is 9.59 Å². The fourth-order valence-electron chi connectivity index (χ4n) is 3.29. The summed E-state index contributed by atoms with van der Waals surface area (Å²) in [6, 6.07) is 24.9. The highest BCUT2D eigenvalue weighted by Gasteiger charge is 2.32. The molecule has 0 bridgehead atoms. The Labute approximate surface area is 193 Å². The summed E-state index contributed by atoms with van der Waals surface area (Å²) >= 11 is 5.05. The predicted octanol–water partition coefficient (Wildman–Crippen LogP) is 4.99. The molecule has 3 aromatic rings. The molecule has 0 radical (unpaired) electrons. The second-order valence-electron chi connectivity index (χ2n) is 7.01. The van der Waals surface area contributed by atoms with Gasteiger partial charge in [0, 0.05) is 22.1 Å². The number of hydrogen-bond acceptors (Lipinski definition) is 4. The molecule has 5 nitrogen and oxygen atoms in total. The Hall–Kier alpha value is -2.90. The number of carbonyl (C=O) groups excluding carboxylic acids is 2. The zero-order valence-electron chi connectivity index (χ0n) is 16.6. The summed E-state index contributed by atoms with van der Waals surface area (Å²) in [5.41, 5.74) is 6.04. The minimum absolute atomic E-state index is 0.0572. The Morgan fingerprint density at radius 3 is 2.52 bits per heavy atom. The van der Waals surface area contributed by atoms with Gasteiger partial charge in [0.1, 0.15) is 5.37 Å². The lowest BCUT2D eigenvalue weighted by atomic mass is 10.1. The zero-order chi connectivity index (χ0) is 21.6. The molecule has 1 unspecified atom stereocenters. The Balaban J connectivity index is 1.41. The molecule has 0 aromatic heterocycles. The van der Waals surface area contributed by atoms with Crippen molar-refractivity contribution < 1.29 is 9.59 Å². The molecule has 3 aromatic carbocycles. The quantitative estimate of drug-likeness (QED) is 0.388. The van der Waals surface area contributed by atoms with Crippen LogP contribution in [-0.4, -0.2) is 28.7 Å². The van der Waals surface area contributed by atoms with Crippen LogP contribution in [0, 0.1) is 0 Å². The van der Waals surface area contributed by atoms with Crippen LogP contribution < -0.4 is 5.43 Å². The Kier molecular flexibility index (Phi) is 6.84. The van der Waals surface area contributed by atoms with Crippen LogP contribution >= 0.6 is 27.7 Å². The van der Waals surface area contributed by atoms with Crippen LogP contribution in [0.3, 0.4) is 0 Å². The molecule has 7 heteroatoms. The van der Waals surface area contributed by atoms with E-state index in [0.29, 0.717) is 17.9 Å². The van der Waals surface area contributed by atoms with Crippen LogP contribution in [0.25, 0.3) is 0 Å². The van der Waals surface area contributed by atoms with Gasteiger partial charge in [-0.3, -0.25) is 9.59 Å². The number of thioether (sulfide) groups is 1. The van der Waals surface area contributed by atoms with Crippen LogP contribution in [-0.2, 0) is 11.3 Å². The zero-order valence-corrected chi connectivity index (χ0v) is 19.0. The number of hydrogen-bond donors (Lipinski definition) is 1. The van der Waals surface area contributed by atoms with E-state index in [-0.39, 0.29) is 17.2 Å². The van der Waals surface area contributed by atoms with E-state index in [4.69, 9.17) is 0 Å². The van der Waals surface area contributed by atoms with Crippen molar-refractivity contribution in [2.45, 2.75) is 11.9 Å². The van der Waals surface area contributed by atoms with Gasteiger partial charge in [-0.15, -0.1) is 11.8 Å². The normalized spacial score (nSPS) is 16.1.